The molecular weight excluding hydrogens is 417 g/mol. The summed E-state index contributed by atoms with van der Waals surface area (Å²) in [6.07, 6.45) is -1.88. The maximum Gasteiger partial charge on any atom is 2.00 e. The van der Waals surface area contributed by atoms with Crippen molar-refractivity contribution in [3.63, 3.8) is 0 Å². The van der Waals surface area contributed by atoms with Crippen LogP contribution in [-0.2, 0) is 39.3 Å². The molecule has 0 saturated carbocycles. The topological polar surface area (TPSA) is 167 Å². The summed E-state index contributed by atoms with van der Waals surface area (Å²) < 4.78 is 70.5. The molecule has 0 heterocycles. The van der Waals surface area contributed by atoms with Crippen molar-refractivity contribution in [3.8, 4) is 0 Å². The molecule has 0 N–H and O–H groups in total. The van der Waals surface area contributed by atoms with Crippen LogP contribution in [0.2, 0.25) is 0 Å². The van der Waals surface area contributed by atoms with Gasteiger partial charge in [0.1, 0.15) is 12.2 Å². The van der Waals surface area contributed by atoms with Gasteiger partial charge in [0.05, 0.1) is 31.7 Å². The van der Waals surface area contributed by atoms with E-state index in [9.17, 15) is 35.5 Å². The van der Waals surface area contributed by atoms with Gasteiger partial charge in [-0.1, -0.05) is 13.2 Å². The van der Waals surface area contributed by atoms with E-state index in [1.54, 1.807) is 0 Å². The number of esters is 2. The first kappa shape index (κ1) is 30.7. The molecule has 0 aliphatic heterocycles. The van der Waals surface area contributed by atoms with Crippen molar-refractivity contribution in [1.82, 2.24) is 0 Å². The molecule has 0 saturated heterocycles. The Bertz CT molecular complexity index is 676. The van der Waals surface area contributed by atoms with E-state index in [0.717, 1.165) is 0 Å². The summed E-state index contributed by atoms with van der Waals surface area (Å²) in [4.78, 5) is 21.6. The second-order valence-corrected chi connectivity index (χ2v) is 8.34. The quantitative estimate of drug-likeness (QED) is 0.212. The van der Waals surface area contributed by atoms with Crippen molar-refractivity contribution in [3.05, 3.63) is 24.3 Å². The van der Waals surface area contributed by atoms with Gasteiger partial charge >= 0.3 is 35.0 Å². The molecule has 0 fully saturated rings. The number of ether oxygens (including phenoxy) is 2. The Hall–Kier alpha value is -0.994. The summed E-state index contributed by atoms with van der Waals surface area (Å²) in [6, 6.07) is 0. The van der Waals surface area contributed by atoms with E-state index in [4.69, 9.17) is 0 Å². The first-order valence-electron chi connectivity index (χ1n) is 7.04. The van der Waals surface area contributed by atoms with Crippen molar-refractivity contribution in [2.24, 2.45) is 0 Å². The molecule has 27 heavy (non-hydrogen) atoms. The fourth-order valence-corrected chi connectivity index (χ4v) is 2.50. The summed E-state index contributed by atoms with van der Waals surface area (Å²) in [7, 11) is -8.70. The third kappa shape index (κ3) is 21.2. The number of carbonyl (C=O) groups excluding carboxylic acids is 2. The van der Waals surface area contributed by atoms with Crippen LogP contribution in [0, 0.1) is 0 Å². The fraction of sp³-hybridized carbons (Fsp3) is 0.571. The summed E-state index contributed by atoms with van der Waals surface area (Å²) >= 11 is 0. The monoisotopic (exact) mass is 438 g/mol. The minimum Gasteiger partial charge on any atom is -0.748 e. The van der Waals surface area contributed by atoms with Crippen LogP contribution in [0.5, 0.6) is 0 Å². The molecule has 13 heteroatoms. The van der Waals surface area contributed by atoms with Crippen molar-refractivity contribution >= 4 is 55.2 Å². The molecule has 0 aromatic heterocycles. The molecule has 0 amide bonds. The van der Waals surface area contributed by atoms with Gasteiger partial charge in [-0.3, -0.25) is 0 Å². The molecule has 152 valence electrons. The predicted octanol–water partition coefficient (Wildman–Crippen LogP) is -0.302. The Balaban J connectivity index is -0.000000411. The van der Waals surface area contributed by atoms with Crippen molar-refractivity contribution in [1.29, 1.82) is 0 Å². The van der Waals surface area contributed by atoms with Crippen LogP contribution in [0.4, 0.5) is 0 Å². The largest absolute Gasteiger partial charge is 2.00 e. The van der Waals surface area contributed by atoms with E-state index in [1.807, 2.05) is 0 Å². The third-order valence-corrected chi connectivity index (χ3v) is 3.95. The minimum absolute atomic E-state index is 0. The molecule has 0 rings (SSSR count). The van der Waals surface area contributed by atoms with Gasteiger partial charge in [0.15, 0.2) is 0 Å². The van der Waals surface area contributed by atoms with Crippen LogP contribution in [0.25, 0.3) is 0 Å². The summed E-state index contributed by atoms with van der Waals surface area (Å²) in [5.74, 6) is -2.83. The van der Waals surface area contributed by atoms with Crippen LogP contribution in [0.15, 0.2) is 24.3 Å². The smallest absolute Gasteiger partial charge is 0.748 e. The van der Waals surface area contributed by atoms with Gasteiger partial charge in [0, 0.05) is 11.1 Å². The Kier molecular flexibility index (Phi) is 15.1. The maximum atomic E-state index is 10.8. The zero-order valence-corrected chi connectivity index (χ0v) is 18.6. The van der Waals surface area contributed by atoms with Crippen LogP contribution < -0.4 is 0 Å². The molecule has 0 aromatic carbocycles. The molecule has 10 nitrogen and oxygen atoms in total. The molecule has 0 aliphatic carbocycles. The van der Waals surface area contributed by atoms with Gasteiger partial charge in [0.2, 0.25) is 0 Å². The SMILES string of the molecule is C=C(C)C(=O)OC(C)CS(=O)(=O)[O-].C=C(C)C(=O)OC(C)CS(=O)(=O)[O-].[Mg+2]. The maximum absolute atomic E-state index is 10.8. The van der Waals surface area contributed by atoms with Crippen LogP contribution in [-0.4, -0.2) is 84.6 Å². The Labute approximate surface area is 175 Å². The van der Waals surface area contributed by atoms with Gasteiger partial charge in [0.25, 0.3) is 0 Å². The first-order chi connectivity index (χ1) is 11.4. The van der Waals surface area contributed by atoms with Crippen LogP contribution in [0.1, 0.15) is 27.7 Å². The molecule has 0 aliphatic rings. The zero-order valence-electron chi connectivity index (χ0n) is 15.6. The van der Waals surface area contributed by atoms with E-state index in [0.29, 0.717) is 0 Å². The summed E-state index contributed by atoms with van der Waals surface area (Å²) in [6.45, 7) is 12.1. The molecule has 0 spiro atoms. The number of carbonyl (C=O) groups is 2. The fourth-order valence-electron chi connectivity index (χ4n) is 1.21. The molecule has 0 bridgehead atoms. The molecular formula is C14H22MgO10S2. The van der Waals surface area contributed by atoms with E-state index < -0.39 is 55.9 Å². The second kappa shape index (κ2) is 13.2. The van der Waals surface area contributed by atoms with E-state index in [2.05, 4.69) is 22.6 Å². The second-order valence-electron chi connectivity index (χ2n) is 5.44. The van der Waals surface area contributed by atoms with Gasteiger partial charge in [-0.15, -0.1) is 0 Å². The van der Waals surface area contributed by atoms with Gasteiger partial charge in [-0.25, -0.2) is 26.4 Å². The standard InChI is InChI=1S/2C7H12O5S.Mg/c2*1-5(2)7(8)12-6(3)4-13(9,10)11;/h2*6H,1,4H2,2-3H3,(H,9,10,11);/q;;+2/p-2. The van der Waals surface area contributed by atoms with Crippen molar-refractivity contribution < 1.29 is 45.0 Å². The number of rotatable bonds is 8. The normalized spacial score (nSPS) is 13.0. The van der Waals surface area contributed by atoms with Crippen LogP contribution in [0.3, 0.4) is 0 Å². The van der Waals surface area contributed by atoms with Gasteiger partial charge in [-0.05, 0) is 27.7 Å². The number of hydrogen-bond acceptors (Lipinski definition) is 10. The first-order valence-corrected chi connectivity index (χ1v) is 10.2. The van der Waals surface area contributed by atoms with E-state index in [1.165, 1.54) is 27.7 Å². The molecule has 0 radical (unpaired) electrons. The molecule has 2 atom stereocenters. The van der Waals surface area contributed by atoms with Crippen molar-refractivity contribution in [2.45, 2.75) is 39.9 Å². The summed E-state index contributed by atoms with van der Waals surface area (Å²) in [5, 5.41) is 0. The Morgan fingerprint density at radius 1 is 0.815 bits per heavy atom. The average Bonchev–Trinajstić information content (AvgIpc) is 2.33. The van der Waals surface area contributed by atoms with Crippen molar-refractivity contribution in [2.75, 3.05) is 11.5 Å². The minimum atomic E-state index is -4.35. The van der Waals surface area contributed by atoms with E-state index >= 15 is 0 Å². The van der Waals surface area contributed by atoms with Crippen LogP contribution >= 0.6 is 0 Å². The average molecular weight is 439 g/mol. The van der Waals surface area contributed by atoms with Gasteiger partial charge in [-0.2, -0.15) is 0 Å². The third-order valence-electron chi connectivity index (χ3n) is 2.19. The zero-order chi connectivity index (χ0) is 21.3. The molecule has 2 unspecified atom stereocenters. The van der Waals surface area contributed by atoms with Gasteiger partial charge < -0.3 is 18.6 Å². The Morgan fingerprint density at radius 2 is 1.04 bits per heavy atom. The van der Waals surface area contributed by atoms with E-state index in [-0.39, 0.29) is 34.2 Å². The Morgan fingerprint density at radius 3 is 1.19 bits per heavy atom. The summed E-state index contributed by atoms with van der Waals surface area (Å²) in [5.41, 5.74) is 0.324. The molecule has 0 aromatic rings. The predicted molar refractivity (Wildman–Crippen MR) is 95.6 cm³/mol. The number of hydrogen-bond donors (Lipinski definition) is 0.